The van der Waals surface area contributed by atoms with E-state index < -0.39 is 17.9 Å². The van der Waals surface area contributed by atoms with Crippen LogP contribution in [-0.2, 0) is 4.79 Å². The van der Waals surface area contributed by atoms with Crippen molar-refractivity contribution in [1.29, 1.82) is 0 Å². The van der Waals surface area contributed by atoms with Crippen LogP contribution in [0, 0.1) is 6.92 Å². The number of furan rings is 1. The summed E-state index contributed by atoms with van der Waals surface area (Å²) in [4.78, 5) is 22.4. The fourth-order valence-corrected chi connectivity index (χ4v) is 1.35. The van der Waals surface area contributed by atoms with Crippen LogP contribution in [0.4, 0.5) is 0 Å². The highest BCUT2D eigenvalue weighted by Crippen LogP contribution is 2.07. The average Bonchev–Trinajstić information content (AvgIpc) is 2.64. The number of carboxylic acids is 1. The number of carbonyl (C=O) groups excluding carboxylic acids is 1. The van der Waals surface area contributed by atoms with Gasteiger partial charge in [0.2, 0.25) is 0 Å². The third-order valence-corrected chi connectivity index (χ3v) is 2.17. The van der Waals surface area contributed by atoms with Gasteiger partial charge in [0.05, 0.1) is 5.56 Å². The second kappa shape index (κ2) is 5.34. The van der Waals surface area contributed by atoms with Gasteiger partial charge in [-0.1, -0.05) is 13.3 Å². The Morgan fingerprint density at radius 2 is 2.25 bits per heavy atom. The first kappa shape index (κ1) is 12.3. The van der Waals surface area contributed by atoms with Gasteiger partial charge < -0.3 is 14.8 Å². The smallest absolute Gasteiger partial charge is 0.326 e. The monoisotopic (exact) mass is 225 g/mol. The van der Waals surface area contributed by atoms with Gasteiger partial charge in [-0.2, -0.15) is 0 Å². The molecule has 0 bridgehead atoms. The summed E-state index contributed by atoms with van der Waals surface area (Å²) in [7, 11) is 0. The number of amides is 1. The third-order valence-electron chi connectivity index (χ3n) is 2.17. The van der Waals surface area contributed by atoms with Gasteiger partial charge in [0.25, 0.3) is 5.91 Å². The summed E-state index contributed by atoms with van der Waals surface area (Å²) in [6.45, 7) is 3.58. The molecule has 0 aliphatic carbocycles. The van der Waals surface area contributed by atoms with Crippen LogP contribution >= 0.6 is 0 Å². The molecule has 1 aromatic heterocycles. The number of carboxylic acid groups (broad SMARTS) is 1. The Kier molecular flexibility index (Phi) is 4.10. The van der Waals surface area contributed by atoms with Crippen LogP contribution < -0.4 is 5.32 Å². The maximum Gasteiger partial charge on any atom is 0.326 e. The topological polar surface area (TPSA) is 79.5 Å². The molecular weight excluding hydrogens is 210 g/mol. The lowest BCUT2D eigenvalue weighted by molar-refractivity contribution is -0.139. The summed E-state index contributed by atoms with van der Waals surface area (Å²) in [5.74, 6) is -0.819. The second-order valence-electron chi connectivity index (χ2n) is 3.60. The summed E-state index contributed by atoms with van der Waals surface area (Å²) in [5.41, 5.74) is 0.347. The van der Waals surface area contributed by atoms with Gasteiger partial charge in [-0.15, -0.1) is 0 Å². The molecule has 0 aromatic carbocycles. The summed E-state index contributed by atoms with van der Waals surface area (Å²) in [6, 6.07) is 0.730. The van der Waals surface area contributed by atoms with E-state index in [-0.39, 0.29) is 0 Å². The first-order valence-electron chi connectivity index (χ1n) is 5.13. The number of nitrogens with one attached hydrogen (secondary N) is 1. The van der Waals surface area contributed by atoms with E-state index in [1.54, 1.807) is 13.0 Å². The predicted octanol–water partition coefficient (Wildman–Crippen LogP) is 1.57. The molecule has 1 atom stereocenters. The zero-order chi connectivity index (χ0) is 12.1. The summed E-state index contributed by atoms with van der Waals surface area (Å²) in [6.07, 6.45) is 2.43. The largest absolute Gasteiger partial charge is 0.480 e. The van der Waals surface area contributed by atoms with Gasteiger partial charge in [0, 0.05) is 0 Å². The van der Waals surface area contributed by atoms with Crippen LogP contribution in [-0.4, -0.2) is 23.0 Å². The summed E-state index contributed by atoms with van der Waals surface area (Å²) in [5, 5.41) is 11.3. The van der Waals surface area contributed by atoms with Crippen LogP contribution in [0.1, 0.15) is 35.9 Å². The van der Waals surface area contributed by atoms with E-state index >= 15 is 0 Å². The molecule has 0 spiro atoms. The van der Waals surface area contributed by atoms with Crippen molar-refractivity contribution in [2.75, 3.05) is 0 Å². The molecule has 1 rings (SSSR count). The summed E-state index contributed by atoms with van der Waals surface area (Å²) >= 11 is 0. The van der Waals surface area contributed by atoms with Crippen molar-refractivity contribution < 1.29 is 19.1 Å². The van der Waals surface area contributed by atoms with Crippen LogP contribution in [0.2, 0.25) is 0 Å². The second-order valence-corrected chi connectivity index (χ2v) is 3.60. The quantitative estimate of drug-likeness (QED) is 0.797. The fourth-order valence-electron chi connectivity index (χ4n) is 1.35. The van der Waals surface area contributed by atoms with E-state index in [0.717, 1.165) is 0 Å². The average molecular weight is 225 g/mol. The molecule has 2 N–H and O–H groups in total. The van der Waals surface area contributed by atoms with E-state index in [1.807, 2.05) is 6.92 Å². The number of rotatable bonds is 5. The van der Waals surface area contributed by atoms with Crippen molar-refractivity contribution in [2.45, 2.75) is 32.7 Å². The molecule has 1 amide bonds. The van der Waals surface area contributed by atoms with Crippen molar-refractivity contribution in [3.63, 3.8) is 0 Å². The van der Waals surface area contributed by atoms with E-state index in [2.05, 4.69) is 5.32 Å². The van der Waals surface area contributed by atoms with Crippen molar-refractivity contribution in [3.05, 3.63) is 23.7 Å². The van der Waals surface area contributed by atoms with Gasteiger partial charge in [0.1, 0.15) is 18.1 Å². The molecule has 5 heteroatoms. The molecular formula is C11H15NO4. The lowest BCUT2D eigenvalue weighted by atomic mass is 10.1. The minimum Gasteiger partial charge on any atom is -0.480 e. The zero-order valence-corrected chi connectivity index (χ0v) is 9.32. The minimum absolute atomic E-state index is 0.347. The van der Waals surface area contributed by atoms with Crippen LogP contribution in [0.25, 0.3) is 0 Å². The zero-order valence-electron chi connectivity index (χ0n) is 9.32. The van der Waals surface area contributed by atoms with Crippen LogP contribution in [0.3, 0.4) is 0 Å². The van der Waals surface area contributed by atoms with Crippen molar-refractivity contribution in [2.24, 2.45) is 0 Å². The SMILES string of the molecule is CCC[C@H](NC(=O)c1coc(C)c1)C(=O)O. The lowest BCUT2D eigenvalue weighted by Crippen LogP contribution is -2.40. The van der Waals surface area contributed by atoms with E-state index in [0.29, 0.717) is 24.2 Å². The molecule has 16 heavy (non-hydrogen) atoms. The van der Waals surface area contributed by atoms with E-state index in [9.17, 15) is 9.59 Å². The summed E-state index contributed by atoms with van der Waals surface area (Å²) < 4.78 is 4.98. The number of carbonyl (C=O) groups is 2. The molecule has 0 saturated heterocycles. The lowest BCUT2D eigenvalue weighted by Gasteiger charge is -2.12. The number of aryl methyl sites for hydroxylation is 1. The highest BCUT2D eigenvalue weighted by atomic mass is 16.4. The Morgan fingerprint density at radius 3 is 2.69 bits per heavy atom. The molecule has 0 radical (unpaired) electrons. The van der Waals surface area contributed by atoms with Crippen LogP contribution in [0.5, 0.6) is 0 Å². The van der Waals surface area contributed by atoms with Crippen molar-refractivity contribution in [1.82, 2.24) is 5.32 Å². The minimum atomic E-state index is -1.02. The van der Waals surface area contributed by atoms with Gasteiger partial charge in [-0.05, 0) is 19.4 Å². The Hall–Kier alpha value is -1.78. The molecule has 0 saturated carbocycles. The van der Waals surface area contributed by atoms with Gasteiger partial charge in [-0.3, -0.25) is 4.79 Å². The molecule has 0 fully saturated rings. The Bertz CT molecular complexity index is 383. The highest BCUT2D eigenvalue weighted by molar-refractivity contribution is 5.96. The molecule has 0 aliphatic rings. The Balaban J connectivity index is 2.65. The van der Waals surface area contributed by atoms with E-state index in [1.165, 1.54) is 6.26 Å². The van der Waals surface area contributed by atoms with Gasteiger partial charge in [0.15, 0.2) is 0 Å². The van der Waals surface area contributed by atoms with E-state index in [4.69, 9.17) is 9.52 Å². The number of hydrogen-bond donors (Lipinski definition) is 2. The molecule has 5 nitrogen and oxygen atoms in total. The first-order chi connectivity index (χ1) is 7.54. The number of hydrogen-bond acceptors (Lipinski definition) is 3. The normalized spacial score (nSPS) is 12.1. The predicted molar refractivity (Wildman–Crippen MR) is 57.2 cm³/mol. The maximum atomic E-state index is 11.6. The van der Waals surface area contributed by atoms with Gasteiger partial charge in [-0.25, -0.2) is 4.79 Å². The molecule has 0 aliphatic heterocycles. The third kappa shape index (κ3) is 3.12. The Labute approximate surface area is 93.4 Å². The fraction of sp³-hybridized carbons (Fsp3) is 0.455. The van der Waals surface area contributed by atoms with Crippen molar-refractivity contribution >= 4 is 11.9 Å². The molecule has 1 heterocycles. The maximum absolute atomic E-state index is 11.6. The molecule has 1 aromatic rings. The standard InChI is InChI=1S/C11H15NO4/c1-3-4-9(11(14)15)12-10(13)8-5-7(2)16-6-8/h5-6,9H,3-4H2,1-2H3,(H,12,13)(H,14,15)/t9-/m0/s1. The van der Waals surface area contributed by atoms with Crippen LogP contribution in [0.15, 0.2) is 16.7 Å². The van der Waals surface area contributed by atoms with Crippen molar-refractivity contribution in [3.8, 4) is 0 Å². The Morgan fingerprint density at radius 1 is 1.56 bits per heavy atom. The molecule has 0 unspecified atom stereocenters. The highest BCUT2D eigenvalue weighted by Gasteiger charge is 2.20. The number of aliphatic carboxylic acids is 1. The first-order valence-corrected chi connectivity index (χ1v) is 5.13. The van der Waals surface area contributed by atoms with Gasteiger partial charge >= 0.3 is 5.97 Å². The molecule has 88 valence electrons.